The summed E-state index contributed by atoms with van der Waals surface area (Å²) >= 11 is 1.81. The van der Waals surface area contributed by atoms with E-state index in [0.29, 0.717) is 18.8 Å². The van der Waals surface area contributed by atoms with Crippen molar-refractivity contribution in [3.05, 3.63) is 29.3 Å². The van der Waals surface area contributed by atoms with E-state index in [4.69, 9.17) is 4.98 Å². The predicted molar refractivity (Wildman–Crippen MR) is 103 cm³/mol. The second-order valence-electron chi connectivity index (χ2n) is 7.48. The molecule has 5 nitrogen and oxygen atoms in total. The lowest BCUT2D eigenvalue weighted by Gasteiger charge is -2.28. The molecule has 0 bridgehead atoms. The minimum Gasteiger partial charge on any atom is -0.353 e. The van der Waals surface area contributed by atoms with Crippen molar-refractivity contribution in [3.63, 3.8) is 0 Å². The van der Waals surface area contributed by atoms with Crippen LogP contribution in [0.4, 0.5) is 0 Å². The van der Waals surface area contributed by atoms with Crippen LogP contribution in [-0.2, 0) is 9.59 Å². The van der Waals surface area contributed by atoms with Crippen molar-refractivity contribution >= 4 is 33.4 Å². The molecule has 2 amide bonds. The Morgan fingerprint density at radius 3 is 2.73 bits per heavy atom. The number of fused-ring (bicyclic) bond motifs is 1. The van der Waals surface area contributed by atoms with Crippen LogP contribution in [0.5, 0.6) is 0 Å². The zero-order valence-electron chi connectivity index (χ0n) is 14.9. The van der Waals surface area contributed by atoms with E-state index < -0.39 is 0 Å². The van der Waals surface area contributed by atoms with Gasteiger partial charge in [0.2, 0.25) is 11.8 Å². The van der Waals surface area contributed by atoms with Gasteiger partial charge < -0.3 is 10.6 Å². The quantitative estimate of drug-likeness (QED) is 0.845. The number of rotatable bonds is 5. The number of amides is 2. The summed E-state index contributed by atoms with van der Waals surface area (Å²) in [6.07, 6.45) is 6.93. The number of carbonyl (C=O) groups excluding carboxylic acids is 2. The molecular formula is C20H25N3O2S. The van der Waals surface area contributed by atoms with E-state index in [-0.39, 0.29) is 23.9 Å². The topological polar surface area (TPSA) is 71.1 Å². The number of hydrogen-bond donors (Lipinski definition) is 2. The fraction of sp³-hybridized carbons (Fsp3) is 0.550. The van der Waals surface area contributed by atoms with E-state index in [0.717, 1.165) is 44.0 Å². The lowest BCUT2D eigenvalue weighted by Crippen LogP contribution is -2.38. The highest BCUT2D eigenvalue weighted by atomic mass is 32.1. The normalized spacial score (nSPS) is 26.0. The van der Waals surface area contributed by atoms with Crippen molar-refractivity contribution in [2.75, 3.05) is 0 Å². The maximum absolute atomic E-state index is 12.2. The third-order valence-electron chi connectivity index (χ3n) is 5.56. The largest absolute Gasteiger partial charge is 0.353 e. The summed E-state index contributed by atoms with van der Waals surface area (Å²) in [5, 5.41) is 7.35. The molecule has 2 fully saturated rings. The highest BCUT2D eigenvalue weighted by Crippen LogP contribution is 2.36. The Hall–Kier alpha value is -1.95. The number of aromatic nitrogens is 1. The molecule has 1 saturated heterocycles. The van der Waals surface area contributed by atoms with Gasteiger partial charge in [-0.05, 0) is 50.7 Å². The molecule has 0 spiro atoms. The molecular weight excluding hydrogens is 346 g/mol. The van der Waals surface area contributed by atoms with Crippen LogP contribution >= 0.6 is 11.3 Å². The lowest BCUT2D eigenvalue weighted by molar-refractivity contribution is -0.123. The van der Waals surface area contributed by atoms with Crippen molar-refractivity contribution in [1.82, 2.24) is 15.6 Å². The van der Waals surface area contributed by atoms with Gasteiger partial charge in [0.25, 0.3) is 0 Å². The van der Waals surface area contributed by atoms with E-state index >= 15 is 0 Å². The highest BCUT2D eigenvalue weighted by Gasteiger charge is 2.26. The van der Waals surface area contributed by atoms with E-state index in [1.54, 1.807) is 0 Å². The summed E-state index contributed by atoms with van der Waals surface area (Å²) in [5.74, 6) is 0.757. The van der Waals surface area contributed by atoms with Gasteiger partial charge in [-0.1, -0.05) is 12.1 Å². The number of benzene rings is 1. The third-order valence-corrected chi connectivity index (χ3v) is 6.76. The highest BCUT2D eigenvalue weighted by molar-refractivity contribution is 7.18. The molecule has 1 aliphatic carbocycles. The first-order valence-corrected chi connectivity index (χ1v) is 10.4. The summed E-state index contributed by atoms with van der Waals surface area (Å²) in [6.45, 7) is 0. The van der Waals surface area contributed by atoms with E-state index in [2.05, 4.69) is 28.8 Å². The van der Waals surface area contributed by atoms with Crippen LogP contribution in [0, 0.1) is 0 Å². The summed E-state index contributed by atoms with van der Waals surface area (Å²) in [7, 11) is 0. The predicted octanol–water partition coefficient (Wildman–Crippen LogP) is 3.50. The molecule has 6 heteroatoms. The van der Waals surface area contributed by atoms with Crippen molar-refractivity contribution in [1.29, 1.82) is 0 Å². The average molecular weight is 372 g/mol. The minimum absolute atomic E-state index is 0.114. The summed E-state index contributed by atoms with van der Waals surface area (Å²) < 4.78 is 1.26. The Kier molecular flexibility index (Phi) is 5.20. The number of carbonyl (C=O) groups is 2. The smallest absolute Gasteiger partial charge is 0.220 e. The molecule has 0 radical (unpaired) electrons. The van der Waals surface area contributed by atoms with E-state index in [1.165, 1.54) is 9.71 Å². The fourth-order valence-electron chi connectivity index (χ4n) is 4.05. The SMILES string of the molecule is O=C1CCC(CCC(=O)N[C@H]2CC[C@H](c3nc4ccccc4s3)CC2)N1. The van der Waals surface area contributed by atoms with Gasteiger partial charge in [-0.15, -0.1) is 11.3 Å². The van der Waals surface area contributed by atoms with Gasteiger partial charge in [-0.2, -0.15) is 0 Å². The van der Waals surface area contributed by atoms with Gasteiger partial charge in [0, 0.05) is 30.8 Å². The molecule has 2 aliphatic rings. The van der Waals surface area contributed by atoms with Crippen LogP contribution < -0.4 is 10.6 Å². The van der Waals surface area contributed by atoms with Crippen molar-refractivity contribution < 1.29 is 9.59 Å². The molecule has 1 aliphatic heterocycles. The molecule has 26 heavy (non-hydrogen) atoms. The minimum atomic E-state index is 0.114. The molecule has 2 N–H and O–H groups in total. The lowest BCUT2D eigenvalue weighted by atomic mass is 9.86. The molecule has 1 aromatic carbocycles. The van der Waals surface area contributed by atoms with Crippen LogP contribution in [0.15, 0.2) is 24.3 Å². The Labute approximate surface area is 157 Å². The number of nitrogens with one attached hydrogen (secondary N) is 2. The summed E-state index contributed by atoms with van der Waals surface area (Å²) in [4.78, 5) is 28.2. The fourth-order valence-corrected chi connectivity index (χ4v) is 5.18. The third kappa shape index (κ3) is 4.06. The van der Waals surface area contributed by atoms with Crippen LogP contribution in [0.1, 0.15) is 62.3 Å². The van der Waals surface area contributed by atoms with E-state index in [1.807, 2.05) is 17.4 Å². The zero-order valence-corrected chi connectivity index (χ0v) is 15.7. The molecule has 2 aromatic rings. The molecule has 138 valence electrons. The molecule has 4 rings (SSSR count). The first kappa shape index (κ1) is 17.5. The van der Waals surface area contributed by atoms with Crippen molar-refractivity contribution in [3.8, 4) is 0 Å². The van der Waals surface area contributed by atoms with Gasteiger partial charge in [0.15, 0.2) is 0 Å². The Bertz CT molecular complexity index is 762. The number of para-hydroxylation sites is 1. The van der Waals surface area contributed by atoms with Crippen LogP contribution in [0.25, 0.3) is 10.2 Å². The number of hydrogen-bond acceptors (Lipinski definition) is 4. The van der Waals surface area contributed by atoms with Gasteiger partial charge in [-0.3, -0.25) is 9.59 Å². The van der Waals surface area contributed by atoms with Crippen LogP contribution in [-0.4, -0.2) is 28.9 Å². The van der Waals surface area contributed by atoms with Crippen LogP contribution in [0.3, 0.4) is 0 Å². The number of nitrogens with zero attached hydrogens (tertiary/aromatic N) is 1. The second kappa shape index (κ2) is 7.74. The zero-order chi connectivity index (χ0) is 17.9. The monoisotopic (exact) mass is 371 g/mol. The maximum Gasteiger partial charge on any atom is 0.220 e. The van der Waals surface area contributed by atoms with Gasteiger partial charge >= 0.3 is 0 Å². The Balaban J connectivity index is 1.23. The number of thiazole rings is 1. The summed E-state index contributed by atoms with van der Waals surface area (Å²) in [6, 6.07) is 8.78. The standard InChI is InChI=1S/C20H25N3O2S/c24-18(11-9-15-10-12-19(25)22-15)21-14-7-5-13(6-8-14)20-23-16-3-1-2-4-17(16)26-20/h1-4,13-15H,5-12H2,(H,21,24)(H,22,25)/t13-,14-,15?. The average Bonchev–Trinajstić information content (AvgIpc) is 3.26. The van der Waals surface area contributed by atoms with Gasteiger partial charge in [0.1, 0.15) is 0 Å². The molecule has 2 heterocycles. The van der Waals surface area contributed by atoms with Gasteiger partial charge in [-0.25, -0.2) is 4.98 Å². The Morgan fingerprint density at radius 1 is 1.19 bits per heavy atom. The first-order valence-electron chi connectivity index (χ1n) is 9.61. The molecule has 1 unspecified atom stereocenters. The first-order chi connectivity index (χ1) is 12.7. The summed E-state index contributed by atoms with van der Waals surface area (Å²) in [5.41, 5.74) is 1.10. The molecule has 1 aromatic heterocycles. The van der Waals surface area contributed by atoms with Crippen LogP contribution in [0.2, 0.25) is 0 Å². The van der Waals surface area contributed by atoms with Gasteiger partial charge in [0.05, 0.1) is 15.2 Å². The van der Waals surface area contributed by atoms with E-state index in [9.17, 15) is 9.59 Å². The molecule has 1 saturated carbocycles. The maximum atomic E-state index is 12.2. The van der Waals surface area contributed by atoms with Crippen molar-refractivity contribution in [2.24, 2.45) is 0 Å². The Morgan fingerprint density at radius 2 is 2.00 bits per heavy atom. The van der Waals surface area contributed by atoms with Crippen molar-refractivity contribution in [2.45, 2.75) is 69.4 Å². The molecule has 1 atom stereocenters. The second-order valence-corrected chi connectivity index (χ2v) is 8.54.